The van der Waals surface area contributed by atoms with Gasteiger partial charge in [0.05, 0.1) is 12.4 Å². The third-order valence-corrected chi connectivity index (χ3v) is 7.25. The van der Waals surface area contributed by atoms with Crippen LogP contribution in [0.2, 0.25) is 0 Å². The number of aromatic nitrogens is 3. The molecule has 168 valence electrons. The highest BCUT2D eigenvalue weighted by molar-refractivity contribution is 8.00. The summed E-state index contributed by atoms with van der Waals surface area (Å²) in [5.74, 6) is 1.59. The van der Waals surface area contributed by atoms with Gasteiger partial charge < -0.3 is 10.5 Å². The van der Waals surface area contributed by atoms with Crippen LogP contribution in [0.15, 0.2) is 29.4 Å². The first-order valence-corrected chi connectivity index (χ1v) is 11.6. The number of carbonyl (C=O) groups excluding carboxylic acids is 2. The van der Waals surface area contributed by atoms with Crippen molar-refractivity contribution in [3.05, 3.63) is 24.3 Å². The van der Waals surface area contributed by atoms with Crippen molar-refractivity contribution >= 4 is 23.7 Å². The van der Waals surface area contributed by atoms with E-state index in [9.17, 15) is 9.59 Å². The predicted octanol–water partition coefficient (Wildman–Crippen LogP) is 4.02. The number of hydrogen-bond donors (Lipinski definition) is 2. The van der Waals surface area contributed by atoms with Gasteiger partial charge in [0.2, 0.25) is 5.91 Å². The summed E-state index contributed by atoms with van der Waals surface area (Å²) >= 11 is 1.34. The van der Waals surface area contributed by atoms with E-state index in [2.05, 4.69) is 27.0 Å². The van der Waals surface area contributed by atoms with Gasteiger partial charge >= 0.3 is 6.03 Å². The van der Waals surface area contributed by atoms with Crippen molar-refractivity contribution < 1.29 is 14.3 Å². The number of carbonyl (C=O) groups is 2. The van der Waals surface area contributed by atoms with Crippen LogP contribution in [0.5, 0.6) is 5.75 Å². The lowest BCUT2D eigenvalue weighted by Crippen LogP contribution is -2.42. The average Bonchev–Trinajstić information content (AvgIpc) is 3.15. The minimum absolute atomic E-state index is 0.0253. The van der Waals surface area contributed by atoms with Crippen molar-refractivity contribution in [3.8, 4) is 17.1 Å². The number of rotatable bonds is 7. The van der Waals surface area contributed by atoms with Gasteiger partial charge in [-0.2, -0.15) is 0 Å². The summed E-state index contributed by atoms with van der Waals surface area (Å²) in [6, 6.07) is 7.15. The monoisotopic (exact) mass is 445 g/mol. The van der Waals surface area contributed by atoms with Crippen LogP contribution in [0.4, 0.5) is 4.79 Å². The van der Waals surface area contributed by atoms with Crippen LogP contribution in [0, 0.1) is 11.8 Å². The second-order valence-electron chi connectivity index (χ2n) is 8.37. The van der Waals surface area contributed by atoms with Gasteiger partial charge in [0.25, 0.3) is 0 Å². The fourth-order valence-corrected chi connectivity index (χ4v) is 5.16. The van der Waals surface area contributed by atoms with Crippen LogP contribution in [0.25, 0.3) is 11.4 Å². The Bertz CT molecular complexity index is 912. The number of nitrogens with two attached hydrogens (primary N) is 1. The zero-order valence-electron chi connectivity index (χ0n) is 18.5. The van der Waals surface area contributed by atoms with Crippen molar-refractivity contribution in [1.82, 2.24) is 20.1 Å². The number of hydrogen-bond acceptors (Lipinski definition) is 6. The first kappa shape index (κ1) is 23.1. The SMILES string of the molecule is COc1ccc(-c2nnc(S[C@H](C(=O)NC(N)=O)C(C)C)n2[C@@H]2CCCC[C@@H]2C)cc1. The lowest BCUT2D eigenvalue weighted by Gasteiger charge is -2.32. The Labute approximate surface area is 187 Å². The van der Waals surface area contributed by atoms with Gasteiger partial charge in [-0.1, -0.05) is 45.4 Å². The topological polar surface area (TPSA) is 112 Å². The lowest BCUT2D eigenvalue weighted by molar-refractivity contribution is -0.120. The summed E-state index contributed by atoms with van der Waals surface area (Å²) < 4.78 is 7.47. The smallest absolute Gasteiger partial charge is 0.318 e. The number of ether oxygens (including phenoxy) is 1. The standard InChI is InChI=1S/C22H31N5O3S/c1-13(2)18(20(28)24-21(23)29)31-22-26-25-19(15-9-11-16(30-4)12-10-15)27(22)17-8-6-5-7-14(17)3/h9-14,17-18H,5-8H2,1-4H3,(H3,23,24,28,29)/t14-,17+,18-/m0/s1. The third kappa shape index (κ3) is 5.39. The molecule has 1 saturated carbocycles. The normalized spacial score (nSPS) is 19.8. The van der Waals surface area contributed by atoms with Crippen molar-refractivity contribution in [3.63, 3.8) is 0 Å². The summed E-state index contributed by atoms with van der Waals surface area (Å²) in [7, 11) is 1.64. The summed E-state index contributed by atoms with van der Waals surface area (Å²) in [6.07, 6.45) is 4.55. The highest BCUT2D eigenvalue weighted by Crippen LogP contribution is 2.40. The van der Waals surface area contributed by atoms with Crippen molar-refractivity contribution in [1.29, 1.82) is 0 Å². The molecule has 8 nitrogen and oxygen atoms in total. The third-order valence-electron chi connectivity index (χ3n) is 5.75. The number of amides is 3. The van der Waals surface area contributed by atoms with Gasteiger partial charge in [0.1, 0.15) is 5.75 Å². The van der Waals surface area contributed by atoms with Crippen LogP contribution < -0.4 is 15.8 Å². The van der Waals surface area contributed by atoms with Crippen LogP contribution in [0.1, 0.15) is 52.5 Å². The molecule has 0 radical (unpaired) electrons. The lowest BCUT2D eigenvalue weighted by atomic mass is 9.85. The number of methoxy groups -OCH3 is 1. The van der Waals surface area contributed by atoms with Crippen LogP contribution in [0.3, 0.4) is 0 Å². The minimum Gasteiger partial charge on any atom is -0.497 e. The van der Waals surface area contributed by atoms with Crippen molar-refractivity contribution in [2.45, 2.75) is 62.9 Å². The Morgan fingerprint density at radius 1 is 1.19 bits per heavy atom. The number of benzene rings is 1. The number of thioether (sulfide) groups is 1. The molecule has 0 spiro atoms. The Hall–Kier alpha value is -2.55. The first-order chi connectivity index (χ1) is 14.8. The van der Waals surface area contributed by atoms with E-state index in [-0.39, 0.29) is 12.0 Å². The molecule has 0 unspecified atom stereocenters. The highest BCUT2D eigenvalue weighted by Gasteiger charge is 2.32. The van der Waals surface area contributed by atoms with E-state index in [1.54, 1.807) is 7.11 Å². The van der Waals surface area contributed by atoms with Gasteiger partial charge in [0, 0.05) is 11.6 Å². The van der Waals surface area contributed by atoms with E-state index in [0.29, 0.717) is 11.1 Å². The van der Waals surface area contributed by atoms with E-state index in [1.807, 2.05) is 38.1 Å². The highest BCUT2D eigenvalue weighted by atomic mass is 32.2. The minimum atomic E-state index is -0.849. The molecule has 0 saturated heterocycles. The summed E-state index contributed by atoms with van der Waals surface area (Å²) in [4.78, 5) is 23.8. The molecule has 0 aliphatic heterocycles. The average molecular weight is 446 g/mol. The van der Waals surface area contributed by atoms with Gasteiger partial charge in [-0.15, -0.1) is 10.2 Å². The van der Waals surface area contributed by atoms with Gasteiger partial charge in [-0.3, -0.25) is 14.7 Å². The molecule has 0 bridgehead atoms. The Kier molecular flexibility index (Phi) is 7.59. The molecule has 3 amide bonds. The summed E-state index contributed by atoms with van der Waals surface area (Å²) in [6.45, 7) is 6.13. The largest absolute Gasteiger partial charge is 0.497 e. The zero-order chi connectivity index (χ0) is 22.5. The predicted molar refractivity (Wildman–Crippen MR) is 121 cm³/mol. The van der Waals surface area contributed by atoms with Crippen LogP contribution >= 0.6 is 11.8 Å². The molecule has 1 aromatic carbocycles. The molecule has 9 heteroatoms. The maximum absolute atomic E-state index is 12.6. The molecule has 2 aromatic rings. The maximum Gasteiger partial charge on any atom is 0.318 e. The molecule has 1 aliphatic carbocycles. The fourth-order valence-electron chi connectivity index (χ4n) is 4.07. The number of urea groups is 1. The van der Waals surface area contributed by atoms with E-state index in [0.717, 1.165) is 36.4 Å². The summed E-state index contributed by atoms with van der Waals surface area (Å²) in [5.41, 5.74) is 6.11. The van der Waals surface area contributed by atoms with Crippen LogP contribution in [-0.2, 0) is 4.79 Å². The zero-order valence-corrected chi connectivity index (χ0v) is 19.3. The maximum atomic E-state index is 12.6. The number of nitrogens with zero attached hydrogens (tertiary/aromatic N) is 3. The molecule has 1 aromatic heterocycles. The molecule has 3 rings (SSSR count). The molecule has 1 aliphatic rings. The number of nitrogens with one attached hydrogen (secondary N) is 1. The van der Waals surface area contributed by atoms with E-state index < -0.39 is 17.2 Å². The molecular weight excluding hydrogens is 414 g/mol. The van der Waals surface area contributed by atoms with E-state index in [1.165, 1.54) is 18.2 Å². The van der Waals surface area contributed by atoms with Gasteiger partial charge in [0.15, 0.2) is 11.0 Å². The second kappa shape index (κ2) is 10.2. The van der Waals surface area contributed by atoms with E-state index >= 15 is 0 Å². The first-order valence-electron chi connectivity index (χ1n) is 10.7. The second-order valence-corrected chi connectivity index (χ2v) is 9.48. The van der Waals surface area contributed by atoms with Crippen molar-refractivity contribution in [2.24, 2.45) is 17.6 Å². The molecule has 31 heavy (non-hydrogen) atoms. The number of primary amides is 1. The van der Waals surface area contributed by atoms with Gasteiger partial charge in [-0.25, -0.2) is 4.79 Å². The molecular formula is C22H31N5O3S. The fraction of sp³-hybridized carbons (Fsp3) is 0.545. The van der Waals surface area contributed by atoms with Crippen LogP contribution in [-0.4, -0.2) is 39.1 Å². The molecule has 1 heterocycles. The Morgan fingerprint density at radius 3 is 2.45 bits per heavy atom. The molecule has 3 atom stereocenters. The van der Waals surface area contributed by atoms with Gasteiger partial charge in [-0.05, 0) is 48.9 Å². The van der Waals surface area contributed by atoms with E-state index in [4.69, 9.17) is 10.5 Å². The quantitative estimate of drug-likeness (QED) is 0.623. The molecule has 3 N–H and O–H groups in total. The summed E-state index contributed by atoms with van der Waals surface area (Å²) in [5, 5.41) is 11.4. The molecule has 1 fully saturated rings. The Balaban J connectivity index is 2.01. The number of imide groups is 1. The van der Waals surface area contributed by atoms with Crippen molar-refractivity contribution in [2.75, 3.05) is 7.11 Å². The Morgan fingerprint density at radius 2 is 1.87 bits per heavy atom.